The summed E-state index contributed by atoms with van der Waals surface area (Å²) >= 11 is 0. The van der Waals surface area contributed by atoms with Crippen LogP contribution in [0, 0.1) is 0 Å². The molecule has 0 bridgehead atoms. The van der Waals surface area contributed by atoms with Crippen LogP contribution in [0.5, 0.6) is 0 Å². The third-order valence-corrected chi connectivity index (χ3v) is 10.8. The van der Waals surface area contributed by atoms with E-state index in [1.54, 1.807) is 0 Å². The second-order valence-corrected chi connectivity index (χ2v) is 14.0. The van der Waals surface area contributed by atoms with Gasteiger partial charge < -0.3 is 4.57 Å². The highest BCUT2D eigenvalue weighted by Crippen LogP contribution is 2.44. The van der Waals surface area contributed by atoms with E-state index in [2.05, 4.69) is 174 Å². The zero-order chi connectivity index (χ0) is 36.3. The quantitative estimate of drug-likeness (QED) is 0.168. The van der Waals surface area contributed by atoms with Crippen molar-refractivity contribution in [2.75, 3.05) is 0 Å². The minimum absolute atomic E-state index is 0.719. The molecule has 0 N–H and O–H groups in total. The van der Waals surface area contributed by atoms with Crippen LogP contribution in [0.4, 0.5) is 0 Å². The summed E-state index contributed by atoms with van der Waals surface area (Å²) in [6, 6.07) is 68.4. The first-order chi connectivity index (χ1) is 27.3. The summed E-state index contributed by atoms with van der Waals surface area (Å²) < 4.78 is 2.39. The van der Waals surface area contributed by atoms with Crippen molar-refractivity contribution in [1.82, 2.24) is 19.5 Å². The fourth-order valence-corrected chi connectivity index (χ4v) is 8.30. The SMILES string of the molecule is c1ccc(-c2nc(-c3ccc(-c4cccc5c4nc(-c4ccccc4)c4ccc6c(c7ccccc7n6-c6ccccc6)c45)cc3)c3ccccc3n2)cc1. The van der Waals surface area contributed by atoms with Crippen LogP contribution in [0.1, 0.15) is 0 Å². The van der Waals surface area contributed by atoms with Crippen molar-refractivity contribution in [2.45, 2.75) is 0 Å². The molecule has 3 heterocycles. The molecule has 11 rings (SSSR count). The first-order valence-corrected chi connectivity index (χ1v) is 18.6. The van der Waals surface area contributed by atoms with Crippen molar-refractivity contribution in [3.05, 3.63) is 194 Å². The summed E-state index contributed by atoms with van der Waals surface area (Å²) in [5, 5.41) is 6.97. The minimum Gasteiger partial charge on any atom is -0.309 e. The molecule has 4 nitrogen and oxygen atoms in total. The smallest absolute Gasteiger partial charge is 0.160 e. The topological polar surface area (TPSA) is 43.6 Å². The zero-order valence-corrected chi connectivity index (χ0v) is 29.8. The molecular formula is C51H32N4. The molecule has 0 spiro atoms. The van der Waals surface area contributed by atoms with Gasteiger partial charge in [0, 0.05) is 60.3 Å². The minimum atomic E-state index is 0.719. The van der Waals surface area contributed by atoms with Gasteiger partial charge >= 0.3 is 0 Å². The van der Waals surface area contributed by atoms with Crippen molar-refractivity contribution in [1.29, 1.82) is 0 Å². The highest BCUT2D eigenvalue weighted by molar-refractivity contribution is 6.30. The van der Waals surface area contributed by atoms with Crippen LogP contribution in [0.2, 0.25) is 0 Å². The average molecular weight is 701 g/mol. The molecule has 55 heavy (non-hydrogen) atoms. The van der Waals surface area contributed by atoms with Crippen molar-refractivity contribution in [3.63, 3.8) is 0 Å². The number of aromatic nitrogens is 4. The van der Waals surface area contributed by atoms with Crippen LogP contribution < -0.4 is 0 Å². The second-order valence-electron chi connectivity index (χ2n) is 14.0. The van der Waals surface area contributed by atoms with Gasteiger partial charge in [-0.25, -0.2) is 15.0 Å². The van der Waals surface area contributed by atoms with Crippen LogP contribution in [0.25, 0.3) is 105 Å². The maximum absolute atomic E-state index is 5.54. The molecule has 0 atom stereocenters. The van der Waals surface area contributed by atoms with Gasteiger partial charge in [0.2, 0.25) is 0 Å². The summed E-state index contributed by atoms with van der Waals surface area (Å²) in [6.45, 7) is 0. The van der Waals surface area contributed by atoms with E-state index < -0.39 is 0 Å². The van der Waals surface area contributed by atoms with E-state index in [0.717, 1.165) is 77.9 Å². The zero-order valence-electron chi connectivity index (χ0n) is 29.8. The molecule has 0 aliphatic rings. The van der Waals surface area contributed by atoms with Crippen LogP contribution in [0.15, 0.2) is 194 Å². The monoisotopic (exact) mass is 700 g/mol. The van der Waals surface area contributed by atoms with E-state index in [0.29, 0.717) is 0 Å². The van der Waals surface area contributed by atoms with Gasteiger partial charge in [-0.15, -0.1) is 0 Å². The lowest BCUT2D eigenvalue weighted by Crippen LogP contribution is -1.95. The van der Waals surface area contributed by atoms with Crippen molar-refractivity contribution in [3.8, 4) is 50.7 Å². The molecule has 0 amide bonds. The average Bonchev–Trinajstić information content (AvgIpc) is 3.61. The fraction of sp³-hybridized carbons (Fsp3) is 0. The fourth-order valence-electron chi connectivity index (χ4n) is 8.30. The number of pyridine rings is 1. The Morgan fingerprint density at radius 2 is 0.927 bits per heavy atom. The Kier molecular flexibility index (Phi) is 7.14. The summed E-state index contributed by atoms with van der Waals surface area (Å²) in [5.74, 6) is 0.719. The van der Waals surface area contributed by atoms with Gasteiger partial charge in [0.15, 0.2) is 5.82 Å². The molecule has 0 unspecified atom stereocenters. The van der Waals surface area contributed by atoms with Crippen molar-refractivity contribution < 1.29 is 0 Å². The lowest BCUT2D eigenvalue weighted by molar-refractivity contribution is 1.18. The predicted molar refractivity (Wildman–Crippen MR) is 228 cm³/mol. The lowest BCUT2D eigenvalue weighted by Gasteiger charge is -2.15. The van der Waals surface area contributed by atoms with E-state index in [-0.39, 0.29) is 0 Å². The molecule has 0 radical (unpaired) electrons. The molecule has 4 heteroatoms. The van der Waals surface area contributed by atoms with Crippen molar-refractivity contribution >= 4 is 54.4 Å². The normalized spacial score (nSPS) is 11.6. The van der Waals surface area contributed by atoms with Gasteiger partial charge in [-0.2, -0.15) is 0 Å². The number of hydrogen-bond donors (Lipinski definition) is 0. The Labute approximate surface area is 317 Å². The molecule has 0 saturated heterocycles. The van der Waals surface area contributed by atoms with Crippen LogP contribution in [-0.2, 0) is 0 Å². The third-order valence-electron chi connectivity index (χ3n) is 10.8. The summed E-state index contributed by atoms with van der Waals surface area (Å²) in [5.41, 5.74) is 12.6. The van der Waals surface area contributed by atoms with Crippen LogP contribution in [0.3, 0.4) is 0 Å². The van der Waals surface area contributed by atoms with E-state index in [1.165, 1.54) is 27.2 Å². The van der Waals surface area contributed by atoms with Gasteiger partial charge in [-0.1, -0.05) is 164 Å². The molecule has 0 saturated carbocycles. The highest BCUT2D eigenvalue weighted by Gasteiger charge is 2.21. The standard InChI is InChI=1S/C51H32N4/c1-4-15-34(16-5-1)49-42-31-32-45-47(40-22-11-13-26-44(40)55(45)37-19-8-3-9-20-37)46(42)41-24-14-23-38(50(41)53-49)33-27-29-35(30-28-33)48-39-21-10-12-25-43(39)52-51(54-48)36-17-6-2-7-18-36/h1-32H. The number of hydrogen-bond acceptors (Lipinski definition) is 3. The molecule has 11 aromatic rings. The van der Waals surface area contributed by atoms with Gasteiger partial charge in [-0.05, 0) is 35.9 Å². The van der Waals surface area contributed by atoms with E-state index in [9.17, 15) is 0 Å². The maximum atomic E-state index is 5.54. The Morgan fingerprint density at radius 1 is 0.327 bits per heavy atom. The number of benzene rings is 8. The Morgan fingerprint density at radius 3 is 1.71 bits per heavy atom. The number of rotatable bonds is 5. The van der Waals surface area contributed by atoms with Crippen LogP contribution >= 0.6 is 0 Å². The molecule has 0 aliphatic carbocycles. The number of nitrogens with zero attached hydrogens (tertiary/aromatic N) is 4. The molecule has 256 valence electrons. The molecule has 0 fully saturated rings. The molecule has 0 aliphatic heterocycles. The number of para-hydroxylation sites is 4. The van der Waals surface area contributed by atoms with Gasteiger partial charge in [-0.3, -0.25) is 0 Å². The van der Waals surface area contributed by atoms with E-state index in [1.807, 2.05) is 24.3 Å². The van der Waals surface area contributed by atoms with E-state index >= 15 is 0 Å². The highest BCUT2D eigenvalue weighted by atomic mass is 15.0. The second kappa shape index (κ2) is 12.6. The number of fused-ring (bicyclic) bond motifs is 8. The van der Waals surface area contributed by atoms with Gasteiger partial charge in [0.1, 0.15) is 0 Å². The molecule has 3 aromatic heterocycles. The van der Waals surface area contributed by atoms with Crippen LogP contribution in [-0.4, -0.2) is 19.5 Å². The summed E-state index contributed by atoms with van der Waals surface area (Å²) in [4.78, 5) is 15.6. The van der Waals surface area contributed by atoms with Gasteiger partial charge in [0.05, 0.1) is 33.5 Å². The molecule has 8 aromatic carbocycles. The van der Waals surface area contributed by atoms with E-state index in [4.69, 9.17) is 15.0 Å². The first kappa shape index (κ1) is 31.1. The Hall–Kier alpha value is -7.43. The first-order valence-electron chi connectivity index (χ1n) is 18.6. The van der Waals surface area contributed by atoms with Crippen molar-refractivity contribution in [2.24, 2.45) is 0 Å². The lowest BCUT2D eigenvalue weighted by atomic mass is 9.93. The third kappa shape index (κ3) is 5.03. The largest absolute Gasteiger partial charge is 0.309 e. The van der Waals surface area contributed by atoms with Gasteiger partial charge in [0.25, 0.3) is 0 Å². The summed E-state index contributed by atoms with van der Waals surface area (Å²) in [7, 11) is 0. The summed E-state index contributed by atoms with van der Waals surface area (Å²) in [6.07, 6.45) is 0. The molecular weight excluding hydrogens is 669 g/mol. The Bertz CT molecular complexity index is 3220. The maximum Gasteiger partial charge on any atom is 0.160 e. The Balaban J connectivity index is 1.16. The predicted octanol–water partition coefficient (Wildman–Crippen LogP) is 13.1.